The summed E-state index contributed by atoms with van der Waals surface area (Å²) in [5.41, 5.74) is 16.8. The van der Waals surface area contributed by atoms with Crippen molar-refractivity contribution in [3.8, 4) is 33.4 Å². The Morgan fingerprint density at radius 3 is 1.72 bits per heavy atom. The van der Waals surface area contributed by atoms with Crippen molar-refractivity contribution in [2.75, 3.05) is 4.90 Å². The van der Waals surface area contributed by atoms with Crippen LogP contribution in [0.25, 0.3) is 66.1 Å². The van der Waals surface area contributed by atoms with Gasteiger partial charge in [-0.15, -0.1) is 0 Å². The first kappa shape index (κ1) is 35.0. The maximum Gasteiger partial charge on any atom is 0.136 e. The summed E-state index contributed by atoms with van der Waals surface area (Å²) >= 11 is 0. The molecule has 0 aliphatic heterocycles. The molecule has 0 amide bonds. The molecule has 12 rings (SSSR count). The van der Waals surface area contributed by atoms with Crippen LogP contribution in [0.2, 0.25) is 0 Å². The lowest BCUT2D eigenvalue weighted by Gasteiger charge is -2.35. The second-order valence-corrected chi connectivity index (χ2v) is 16.0. The van der Waals surface area contributed by atoms with Gasteiger partial charge in [0.25, 0.3) is 0 Å². The van der Waals surface area contributed by atoms with Gasteiger partial charge in [-0.2, -0.15) is 0 Å². The SMILES string of the molecule is c1ccc(C2(c3ccccc3)c3ccccc3-c3ccc(N(c4ccc(-c5ccc6c(c5)oc5ccccc56)cc4)c4cccc(-c5cccc6ccccc56)c4)cc32)cc1. The number of nitrogens with zero attached hydrogens (tertiary/aromatic N) is 1. The molecule has 1 aromatic heterocycles. The van der Waals surface area contributed by atoms with Gasteiger partial charge in [-0.1, -0.05) is 182 Å². The third-order valence-corrected chi connectivity index (χ3v) is 12.7. The molecule has 0 spiro atoms. The highest BCUT2D eigenvalue weighted by molar-refractivity contribution is 6.06. The molecule has 0 saturated carbocycles. The van der Waals surface area contributed by atoms with Crippen LogP contribution in [0.3, 0.4) is 0 Å². The molecule has 2 heteroatoms. The normalized spacial score (nSPS) is 12.7. The molecule has 286 valence electrons. The molecule has 2 nitrogen and oxygen atoms in total. The first-order chi connectivity index (χ1) is 30.2. The number of benzene rings is 10. The molecule has 0 N–H and O–H groups in total. The molecule has 10 aromatic carbocycles. The van der Waals surface area contributed by atoms with E-state index in [9.17, 15) is 0 Å². The highest BCUT2D eigenvalue weighted by Crippen LogP contribution is 2.57. The van der Waals surface area contributed by atoms with Crippen molar-refractivity contribution >= 4 is 49.8 Å². The largest absolute Gasteiger partial charge is 0.456 e. The molecule has 11 aromatic rings. The average Bonchev–Trinajstić information content (AvgIpc) is 3.85. The van der Waals surface area contributed by atoms with E-state index in [-0.39, 0.29) is 0 Å². The predicted octanol–water partition coefficient (Wildman–Crippen LogP) is 15.9. The molecule has 1 aliphatic rings. The summed E-state index contributed by atoms with van der Waals surface area (Å²) < 4.78 is 6.30. The Balaban J connectivity index is 1.05. The molecular weight excluding hydrogens is 739 g/mol. The van der Waals surface area contributed by atoms with E-state index in [0.29, 0.717) is 0 Å². The van der Waals surface area contributed by atoms with E-state index in [1.807, 2.05) is 12.1 Å². The van der Waals surface area contributed by atoms with Crippen molar-refractivity contribution in [1.29, 1.82) is 0 Å². The number of hydrogen-bond acceptors (Lipinski definition) is 2. The van der Waals surface area contributed by atoms with Gasteiger partial charge >= 0.3 is 0 Å². The summed E-state index contributed by atoms with van der Waals surface area (Å²) in [6, 6.07) is 86.2. The zero-order valence-electron chi connectivity index (χ0n) is 33.4. The lowest BCUT2D eigenvalue weighted by molar-refractivity contribution is 0.669. The van der Waals surface area contributed by atoms with Crippen LogP contribution in [0.4, 0.5) is 17.1 Å². The molecule has 1 heterocycles. The minimum atomic E-state index is -0.514. The smallest absolute Gasteiger partial charge is 0.136 e. The van der Waals surface area contributed by atoms with Crippen molar-refractivity contribution in [2.24, 2.45) is 0 Å². The number of para-hydroxylation sites is 1. The van der Waals surface area contributed by atoms with Crippen molar-refractivity contribution in [1.82, 2.24) is 0 Å². The first-order valence-electron chi connectivity index (χ1n) is 21.0. The maximum atomic E-state index is 6.30. The van der Waals surface area contributed by atoms with Gasteiger partial charge in [0.05, 0.1) is 5.41 Å². The molecular formula is C59H39NO. The third-order valence-electron chi connectivity index (χ3n) is 12.7. The molecule has 1 aliphatic carbocycles. The zero-order chi connectivity index (χ0) is 40.3. The van der Waals surface area contributed by atoms with Crippen molar-refractivity contribution in [2.45, 2.75) is 5.41 Å². The van der Waals surface area contributed by atoms with E-state index in [1.54, 1.807) is 0 Å². The number of furan rings is 1. The summed E-state index contributed by atoms with van der Waals surface area (Å²) in [6.07, 6.45) is 0. The fourth-order valence-corrected chi connectivity index (χ4v) is 10.0. The highest BCUT2D eigenvalue weighted by atomic mass is 16.3. The van der Waals surface area contributed by atoms with E-state index in [2.05, 4.69) is 229 Å². The molecule has 0 fully saturated rings. The van der Waals surface area contributed by atoms with E-state index in [4.69, 9.17) is 4.42 Å². The van der Waals surface area contributed by atoms with Crippen LogP contribution in [-0.4, -0.2) is 0 Å². The minimum absolute atomic E-state index is 0.514. The quantitative estimate of drug-likeness (QED) is 0.160. The summed E-state index contributed by atoms with van der Waals surface area (Å²) in [5.74, 6) is 0. The van der Waals surface area contributed by atoms with Gasteiger partial charge in [0, 0.05) is 27.8 Å². The Labute approximate surface area is 355 Å². The molecule has 61 heavy (non-hydrogen) atoms. The van der Waals surface area contributed by atoms with Crippen LogP contribution in [0.5, 0.6) is 0 Å². The van der Waals surface area contributed by atoms with Crippen molar-refractivity contribution in [3.05, 3.63) is 259 Å². The van der Waals surface area contributed by atoms with E-state index < -0.39 is 5.41 Å². The van der Waals surface area contributed by atoms with Gasteiger partial charge < -0.3 is 9.32 Å². The summed E-state index contributed by atoms with van der Waals surface area (Å²) in [6.45, 7) is 0. The second kappa shape index (κ2) is 14.1. The van der Waals surface area contributed by atoms with Crippen LogP contribution in [0.1, 0.15) is 22.3 Å². The number of anilines is 3. The molecule has 0 saturated heterocycles. The van der Waals surface area contributed by atoms with Crippen LogP contribution < -0.4 is 4.90 Å². The van der Waals surface area contributed by atoms with Crippen molar-refractivity contribution in [3.63, 3.8) is 0 Å². The monoisotopic (exact) mass is 777 g/mol. The Kier molecular flexibility index (Phi) is 8.11. The Morgan fingerprint density at radius 2 is 0.902 bits per heavy atom. The summed E-state index contributed by atoms with van der Waals surface area (Å²) in [4.78, 5) is 2.42. The van der Waals surface area contributed by atoms with Crippen LogP contribution >= 0.6 is 0 Å². The molecule has 0 bridgehead atoms. The second-order valence-electron chi connectivity index (χ2n) is 16.0. The van der Waals surface area contributed by atoms with Gasteiger partial charge in [0.2, 0.25) is 0 Å². The van der Waals surface area contributed by atoms with Gasteiger partial charge in [0.1, 0.15) is 11.2 Å². The summed E-state index contributed by atoms with van der Waals surface area (Å²) in [5, 5.41) is 4.75. The zero-order valence-corrected chi connectivity index (χ0v) is 33.4. The Bertz CT molecular complexity index is 3370. The fraction of sp³-hybridized carbons (Fsp3) is 0.0169. The van der Waals surface area contributed by atoms with E-state index in [1.165, 1.54) is 55.3 Å². The van der Waals surface area contributed by atoms with Crippen molar-refractivity contribution < 1.29 is 4.42 Å². The third kappa shape index (κ3) is 5.57. The summed E-state index contributed by atoms with van der Waals surface area (Å²) in [7, 11) is 0. The molecule has 0 unspecified atom stereocenters. The number of hydrogen-bond donors (Lipinski definition) is 0. The Hall–Kier alpha value is -7.94. The van der Waals surface area contributed by atoms with Crippen LogP contribution in [-0.2, 0) is 5.41 Å². The minimum Gasteiger partial charge on any atom is -0.456 e. The van der Waals surface area contributed by atoms with Gasteiger partial charge in [-0.3, -0.25) is 0 Å². The van der Waals surface area contributed by atoms with Crippen LogP contribution in [0, 0.1) is 0 Å². The maximum absolute atomic E-state index is 6.30. The lowest BCUT2D eigenvalue weighted by Crippen LogP contribution is -2.28. The first-order valence-corrected chi connectivity index (χ1v) is 21.0. The van der Waals surface area contributed by atoms with Gasteiger partial charge in [0.15, 0.2) is 0 Å². The number of rotatable bonds is 7. The topological polar surface area (TPSA) is 16.4 Å². The van der Waals surface area contributed by atoms with Gasteiger partial charge in [-0.05, 0) is 121 Å². The lowest BCUT2D eigenvalue weighted by atomic mass is 9.67. The average molecular weight is 778 g/mol. The highest BCUT2D eigenvalue weighted by Gasteiger charge is 2.46. The van der Waals surface area contributed by atoms with E-state index >= 15 is 0 Å². The predicted molar refractivity (Wildman–Crippen MR) is 254 cm³/mol. The number of fused-ring (bicyclic) bond motifs is 7. The molecule has 0 atom stereocenters. The van der Waals surface area contributed by atoms with E-state index in [0.717, 1.165) is 50.1 Å². The van der Waals surface area contributed by atoms with Crippen LogP contribution in [0.15, 0.2) is 241 Å². The Morgan fingerprint density at radius 1 is 0.311 bits per heavy atom. The van der Waals surface area contributed by atoms with Gasteiger partial charge in [-0.25, -0.2) is 0 Å². The fourth-order valence-electron chi connectivity index (χ4n) is 10.0. The standard InChI is InChI=1S/C59H39NO/c1-3-18-44(19-4-1)59(45-20-5-2-6-21-45)55-27-11-9-24-51(55)52-36-34-48(39-56(52)59)60(47-22-13-17-43(37-47)50-26-14-16-41-15-7-8-23-49(41)50)46-32-29-40(30-33-46)42-31-35-54-53-25-10-12-28-57(53)61-58(54)38-42/h1-39H. The molecule has 0 radical (unpaired) electrons.